The fraction of sp³-hybridized carbons (Fsp3) is 0.188. The van der Waals surface area contributed by atoms with Crippen molar-refractivity contribution in [3.63, 3.8) is 0 Å². The Balaban J connectivity index is 1.96. The molecule has 2 N–H and O–H groups in total. The Morgan fingerprint density at radius 3 is 2.40 bits per heavy atom. The molecule has 0 bridgehead atoms. The van der Waals surface area contributed by atoms with Gasteiger partial charge in [0.15, 0.2) is 5.96 Å². The summed E-state index contributed by atoms with van der Waals surface area (Å²) < 4.78 is 1.06. The third-order valence-corrected chi connectivity index (χ3v) is 4.08. The first kappa shape index (κ1) is 13.2. The van der Waals surface area contributed by atoms with E-state index in [1.165, 1.54) is 11.1 Å². The highest BCUT2D eigenvalue weighted by atomic mass is 79.9. The first-order valence-electron chi connectivity index (χ1n) is 6.56. The standard InChI is InChI=1S/C16H16BrN3/c1-11-2-4-12(5-3-11)15-10-19-16(18)20(15)14-8-6-13(17)7-9-14/h2-9,15H,10H2,1H3,(H2,18,19). The van der Waals surface area contributed by atoms with E-state index in [0.29, 0.717) is 12.5 Å². The van der Waals surface area contributed by atoms with Crippen LogP contribution < -0.4 is 10.6 Å². The molecule has 3 rings (SSSR count). The van der Waals surface area contributed by atoms with Gasteiger partial charge in [0.25, 0.3) is 0 Å². The quantitative estimate of drug-likeness (QED) is 0.913. The van der Waals surface area contributed by atoms with Gasteiger partial charge < -0.3 is 10.6 Å². The Morgan fingerprint density at radius 2 is 1.75 bits per heavy atom. The van der Waals surface area contributed by atoms with Crippen molar-refractivity contribution in [2.24, 2.45) is 10.7 Å². The lowest BCUT2D eigenvalue weighted by Crippen LogP contribution is -2.36. The molecule has 0 fully saturated rings. The lowest BCUT2D eigenvalue weighted by Gasteiger charge is -2.26. The van der Waals surface area contributed by atoms with Crippen LogP contribution in [-0.2, 0) is 0 Å². The molecule has 102 valence electrons. The van der Waals surface area contributed by atoms with E-state index in [9.17, 15) is 0 Å². The summed E-state index contributed by atoms with van der Waals surface area (Å²) in [5.41, 5.74) is 9.64. The van der Waals surface area contributed by atoms with Crippen LogP contribution in [0, 0.1) is 6.92 Å². The predicted octanol–water partition coefficient (Wildman–Crippen LogP) is 3.63. The van der Waals surface area contributed by atoms with Gasteiger partial charge in [-0.3, -0.25) is 4.99 Å². The first-order chi connectivity index (χ1) is 9.65. The normalized spacial score (nSPS) is 18.2. The highest BCUT2D eigenvalue weighted by Crippen LogP contribution is 2.31. The Hall–Kier alpha value is -1.81. The second kappa shape index (κ2) is 5.29. The Bertz CT molecular complexity index is 632. The molecule has 1 unspecified atom stereocenters. The number of hydrogen-bond donors (Lipinski definition) is 1. The summed E-state index contributed by atoms with van der Waals surface area (Å²) in [5.74, 6) is 0.581. The predicted molar refractivity (Wildman–Crippen MR) is 87.0 cm³/mol. The zero-order chi connectivity index (χ0) is 14.1. The van der Waals surface area contributed by atoms with E-state index in [1.807, 2.05) is 12.1 Å². The molecule has 0 amide bonds. The van der Waals surface area contributed by atoms with Crippen molar-refractivity contribution in [3.05, 3.63) is 64.1 Å². The van der Waals surface area contributed by atoms with Crippen LogP contribution >= 0.6 is 15.9 Å². The molecule has 3 nitrogen and oxygen atoms in total. The monoisotopic (exact) mass is 329 g/mol. The van der Waals surface area contributed by atoms with E-state index in [2.05, 4.69) is 69.1 Å². The van der Waals surface area contributed by atoms with Crippen LogP contribution in [0.2, 0.25) is 0 Å². The molecule has 2 aromatic carbocycles. The van der Waals surface area contributed by atoms with E-state index >= 15 is 0 Å². The molecule has 0 spiro atoms. The number of hydrogen-bond acceptors (Lipinski definition) is 3. The van der Waals surface area contributed by atoms with Crippen molar-refractivity contribution in [2.75, 3.05) is 11.4 Å². The molecule has 4 heteroatoms. The molecular weight excluding hydrogens is 314 g/mol. The lowest BCUT2D eigenvalue weighted by atomic mass is 10.0. The zero-order valence-electron chi connectivity index (χ0n) is 11.3. The van der Waals surface area contributed by atoms with Crippen LogP contribution in [0.3, 0.4) is 0 Å². The van der Waals surface area contributed by atoms with Gasteiger partial charge in [-0.15, -0.1) is 0 Å². The van der Waals surface area contributed by atoms with Crippen LogP contribution in [0.4, 0.5) is 5.69 Å². The summed E-state index contributed by atoms with van der Waals surface area (Å²) in [6.07, 6.45) is 0. The summed E-state index contributed by atoms with van der Waals surface area (Å²) >= 11 is 3.46. The topological polar surface area (TPSA) is 41.6 Å². The van der Waals surface area contributed by atoms with Gasteiger partial charge in [-0.2, -0.15) is 0 Å². The fourth-order valence-corrected chi connectivity index (χ4v) is 2.72. The highest BCUT2D eigenvalue weighted by molar-refractivity contribution is 9.10. The third kappa shape index (κ3) is 2.43. The van der Waals surface area contributed by atoms with Crippen molar-refractivity contribution in [3.8, 4) is 0 Å². The number of anilines is 1. The number of rotatable bonds is 2. The van der Waals surface area contributed by atoms with Gasteiger partial charge >= 0.3 is 0 Å². The van der Waals surface area contributed by atoms with Crippen LogP contribution in [0.25, 0.3) is 0 Å². The van der Waals surface area contributed by atoms with Gasteiger partial charge in [0.2, 0.25) is 0 Å². The van der Waals surface area contributed by atoms with Gasteiger partial charge in [0, 0.05) is 10.2 Å². The average Bonchev–Trinajstić information content (AvgIpc) is 2.83. The number of benzene rings is 2. The molecule has 1 atom stereocenters. The molecule has 20 heavy (non-hydrogen) atoms. The van der Waals surface area contributed by atoms with Crippen LogP contribution in [0.15, 0.2) is 58.0 Å². The van der Waals surface area contributed by atoms with Crippen molar-refractivity contribution < 1.29 is 0 Å². The summed E-state index contributed by atoms with van der Waals surface area (Å²) in [4.78, 5) is 6.50. The van der Waals surface area contributed by atoms with Gasteiger partial charge in [0.1, 0.15) is 0 Å². The minimum absolute atomic E-state index is 0.178. The molecule has 0 saturated heterocycles. The number of guanidine groups is 1. The maximum atomic E-state index is 6.07. The summed E-state index contributed by atoms with van der Waals surface area (Å²) in [7, 11) is 0. The lowest BCUT2D eigenvalue weighted by molar-refractivity contribution is 0.768. The molecule has 1 aliphatic heterocycles. The van der Waals surface area contributed by atoms with E-state index in [1.54, 1.807) is 0 Å². The van der Waals surface area contributed by atoms with Gasteiger partial charge in [-0.05, 0) is 36.8 Å². The molecule has 0 aliphatic carbocycles. The molecule has 2 aromatic rings. The summed E-state index contributed by atoms with van der Waals surface area (Å²) in [6.45, 7) is 2.79. The highest BCUT2D eigenvalue weighted by Gasteiger charge is 2.28. The van der Waals surface area contributed by atoms with Crippen LogP contribution in [-0.4, -0.2) is 12.5 Å². The SMILES string of the molecule is Cc1ccc(C2CN=C(N)N2c2ccc(Br)cc2)cc1. The van der Waals surface area contributed by atoms with E-state index in [4.69, 9.17) is 5.73 Å². The average molecular weight is 330 g/mol. The van der Waals surface area contributed by atoms with Crippen molar-refractivity contribution in [1.29, 1.82) is 0 Å². The third-order valence-electron chi connectivity index (χ3n) is 3.55. The number of nitrogens with zero attached hydrogens (tertiary/aromatic N) is 2. The number of aliphatic imine (C=N–C) groups is 1. The summed E-state index contributed by atoms with van der Waals surface area (Å²) in [5, 5.41) is 0. The zero-order valence-corrected chi connectivity index (χ0v) is 12.8. The second-order valence-electron chi connectivity index (χ2n) is 4.97. The van der Waals surface area contributed by atoms with Crippen molar-refractivity contribution >= 4 is 27.6 Å². The minimum atomic E-state index is 0.178. The van der Waals surface area contributed by atoms with Crippen LogP contribution in [0.5, 0.6) is 0 Å². The number of aryl methyl sites for hydroxylation is 1. The van der Waals surface area contributed by atoms with Crippen LogP contribution in [0.1, 0.15) is 17.2 Å². The van der Waals surface area contributed by atoms with E-state index in [0.717, 1.165) is 10.2 Å². The molecule has 1 heterocycles. The maximum absolute atomic E-state index is 6.07. The largest absolute Gasteiger partial charge is 0.369 e. The van der Waals surface area contributed by atoms with Crippen molar-refractivity contribution in [2.45, 2.75) is 13.0 Å². The van der Waals surface area contributed by atoms with Crippen molar-refractivity contribution in [1.82, 2.24) is 0 Å². The number of nitrogens with two attached hydrogens (primary N) is 1. The van der Waals surface area contributed by atoms with E-state index < -0.39 is 0 Å². The van der Waals surface area contributed by atoms with Gasteiger partial charge in [-0.1, -0.05) is 45.8 Å². The second-order valence-corrected chi connectivity index (χ2v) is 5.89. The molecular formula is C16H16BrN3. The molecule has 1 aliphatic rings. The molecule has 0 saturated carbocycles. The van der Waals surface area contributed by atoms with Gasteiger partial charge in [0.05, 0.1) is 12.6 Å². The Kier molecular flexibility index (Phi) is 3.49. The van der Waals surface area contributed by atoms with E-state index in [-0.39, 0.29) is 6.04 Å². The molecule has 0 radical (unpaired) electrons. The summed E-state index contributed by atoms with van der Waals surface area (Å²) in [6, 6.07) is 16.9. The Labute approximate surface area is 127 Å². The minimum Gasteiger partial charge on any atom is -0.369 e. The fourth-order valence-electron chi connectivity index (χ4n) is 2.45. The van der Waals surface area contributed by atoms with Gasteiger partial charge in [-0.25, -0.2) is 0 Å². The first-order valence-corrected chi connectivity index (χ1v) is 7.36. The smallest absolute Gasteiger partial charge is 0.196 e. The number of halogens is 1. The maximum Gasteiger partial charge on any atom is 0.196 e. The Morgan fingerprint density at radius 1 is 1.10 bits per heavy atom. The molecule has 0 aromatic heterocycles.